The molecule has 80 valence electrons. The van der Waals surface area contributed by atoms with Gasteiger partial charge in [0.1, 0.15) is 0 Å². The van der Waals surface area contributed by atoms with Crippen LogP contribution in [-0.2, 0) is 4.79 Å². The summed E-state index contributed by atoms with van der Waals surface area (Å²) in [5, 5.41) is 0. The second-order valence-corrected chi connectivity index (χ2v) is 5.11. The molecule has 3 heteroatoms. The Balaban J connectivity index is 2.19. The third kappa shape index (κ3) is 1.34. The number of nitrogens with two attached hydrogens (primary N) is 2. The number of rotatable bonds is 3. The van der Waals surface area contributed by atoms with E-state index < -0.39 is 0 Å². The van der Waals surface area contributed by atoms with E-state index in [0.29, 0.717) is 18.4 Å². The van der Waals surface area contributed by atoms with Crippen molar-refractivity contribution >= 4 is 5.91 Å². The Bertz CT molecular complexity index is 248. The van der Waals surface area contributed by atoms with Crippen molar-refractivity contribution in [3.63, 3.8) is 0 Å². The van der Waals surface area contributed by atoms with Gasteiger partial charge < -0.3 is 11.5 Å². The lowest BCUT2D eigenvalue weighted by Crippen LogP contribution is -2.44. The molecule has 0 aromatic heterocycles. The SMILES string of the molecule is NCC1(CC(N)=O)CCCCC12CC2. The van der Waals surface area contributed by atoms with Gasteiger partial charge >= 0.3 is 0 Å². The van der Waals surface area contributed by atoms with Crippen LogP contribution in [0.15, 0.2) is 0 Å². The van der Waals surface area contributed by atoms with Crippen LogP contribution in [0.2, 0.25) is 0 Å². The molecule has 2 rings (SSSR count). The first-order chi connectivity index (χ1) is 6.64. The zero-order valence-corrected chi connectivity index (χ0v) is 8.72. The molecule has 14 heavy (non-hydrogen) atoms. The Morgan fingerprint density at radius 1 is 1.14 bits per heavy atom. The summed E-state index contributed by atoms with van der Waals surface area (Å²) >= 11 is 0. The van der Waals surface area contributed by atoms with Gasteiger partial charge in [-0.05, 0) is 43.1 Å². The van der Waals surface area contributed by atoms with E-state index in [1.54, 1.807) is 0 Å². The van der Waals surface area contributed by atoms with E-state index in [-0.39, 0.29) is 11.3 Å². The smallest absolute Gasteiger partial charge is 0.218 e. The van der Waals surface area contributed by atoms with Crippen molar-refractivity contribution in [3.8, 4) is 0 Å². The lowest BCUT2D eigenvalue weighted by atomic mass is 9.61. The average molecular weight is 196 g/mol. The van der Waals surface area contributed by atoms with Gasteiger partial charge in [-0.1, -0.05) is 12.8 Å². The van der Waals surface area contributed by atoms with Crippen LogP contribution in [0.3, 0.4) is 0 Å². The molecule has 1 atom stereocenters. The fraction of sp³-hybridized carbons (Fsp3) is 0.909. The molecule has 2 saturated carbocycles. The maximum atomic E-state index is 11.1. The zero-order valence-electron chi connectivity index (χ0n) is 8.72. The summed E-state index contributed by atoms with van der Waals surface area (Å²) in [4.78, 5) is 11.1. The summed E-state index contributed by atoms with van der Waals surface area (Å²) < 4.78 is 0. The molecule has 1 amide bonds. The highest BCUT2D eigenvalue weighted by molar-refractivity contribution is 5.74. The zero-order chi connectivity index (χ0) is 10.2. The summed E-state index contributed by atoms with van der Waals surface area (Å²) in [5.74, 6) is -0.177. The van der Waals surface area contributed by atoms with Crippen molar-refractivity contribution < 1.29 is 4.79 Å². The molecule has 0 bridgehead atoms. The molecule has 0 aromatic carbocycles. The number of primary amides is 1. The van der Waals surface area contributed by atoms with Gasteiger partial charge in [-0.2, -0.15) is 0 Å². The van der Waals surface area contributed by atoms with Crippen molar-refractivity contribution in [1.29, 1.82) is 0 Å². The molecule has 0 heterocycles. The van der Waals surface area contributed by atoms with Crippen LogP contribution in [-0.4, -0.2) is 12.5 Å². The van der Waals surface area contributed by atoms with Gasteiger partial charge in [-0.3, -0.25) is 4.79 Å². The normalized spacial score (nSPS) is 34.4. The molecule has 4 N–H and O–H groups in total. The Morgan fingerprint density at radius 3 is 2.29 bits per heavy atom. The van der Waals surface area contributed by atoms with Gasteiger partial charge in [0.25, 0.3) is 0 Å². The Labute approximate surface area is 85.2 Å². The van der Waals surface area contributed by atoms with Crippen LogP contribution >= 0.6 is 0 Å². The molecule has 1 spiro atoms. The van der Waals surface area contributed by atoms with Crippen molar-refractivity contribution in [2.75, 3.05) is 6.54 Å². The summed E-state index contributed by atoms with van der Waals surface area (Å²) in [7, 11) is 0. The fourth-order valence-corrected chi connectivity index (χ4v) is 3.39. The van der Waals surface area contributed by atoms with Crippen molar-refractivity contribution in [2.24, 2.45) is 22.3 Å². The van der Waals surface area contributed by atoms with Gasteiger partial charge in [0, 0.05) is 6.42 Å². The topological polar surface area (TPSA) is 69.1 Å². The molecular weight excluding hydrogens is 176 g/mol. The van der Waals surface area contributed by atoms with Crippen molar-refractivity contribution in [3.05, 3.63) is 0 Å². The van der Waals surface area contributed by atoms with E-state index in [0.717, 1.165) is 6.42 Å². The molecular formula is C11H20N2O. The first kappa shape index (κ1) is 9.97. The van der Waals surface area contributed by atoms with Crippen LogP contribution in [0.5, 0.6) is 0 Å². The van der Waals surface area contributed by atoms with E-state index in [1.807, 2.05) is 0 Å². The molecule has 2 aliphatic rings. The van der Waals surface area contributed by atoms with Crippen LogP contribution in [0.4, 0.5) is 0 Å². The number of amides is 1. The Kier molecular flexibility index (Phi) is 2.30. The van der Waals surface area contributed by atoms with Gasteiger partial charge in [0.15, 0.2) is 0 Å². The van der Waals surface area contributed by atoms with Gasteiger partial charge in [-0.15, -0.1) is 0 Å². The lowest BCUT2D eigenvalue weighted by molar-refractivity contribution is -0.122. The van der Waals surface area contributed by atoms with E-state index >= 15 is 0 Å². The van der Waals surface area contributed by atoms with Gasteiger partial charge in [0.2, 0.25) is 5.91 Å². The van der Waals surface area contributed by atoms with Gasteiger partial charge in [0.05, 0.1) is 0 Å². The molecule has 1 unspecified atom stereocenters. The van der Waals surface area contributed by atoms with Crippen LogP contribution in [0, 0.1) is 10.8 Å². The molecule has 0 saturated heterocycles. The minimum Gasteiger partial charge on any atom is -0.370 e. The van der Waals surface area contributed by atoms with Crippen LogP contribution < -0.4 is 11.5 Å². The first-order valence-electron chi connectivity index (χ1n) is 5.63. The first-order valence-corrected chi connectivity index (χ1v) is 5.63. The largest absolute Gasteiger partial charge is 0.370 e. The van der Waals surface area contributed by atoms with E-state index in [1.165, 1.54) is 32.1 Å². The van der Waals surface area contributed by atoms with E-state index in [9.17, 15) is 4.79 Å². The summed E-state index contributed by atoms with van der Waals surface area (Å²) in [6, 6.07) is 0. The van der Waals surface area contributed by atoms with Gasteiger partial charge in [-0.25, -0.2) is 0 Å². The van der Waals surface area contributed by atoms with Crippen molar-refractivity contribution in [1.82, 2.24) is 0 Å². The number of hydrogen-bond donors (Lipinski definition) is 2. The number of carbonyl (C=O) groups is 1. The third-order valence-corrected chi connectivity index (χ3v) is 4.44. The summed E-state index contributed by atoms with van der Waals surface area (Å²) in [5.41, 5.74) is 11.7. The highest BCUT2D eigenvalue weighted by Gasteiger charge is 2.59. The minimum atomic E-state index is -0.177. The monoisotopic (exact) mass is 196 g/mol. The minimum absolute atomic E-state index is 0.0527. The van der Waals surface area contributed by atoms with Crippen molar-refractivity contribution in [2.45, 2.75) is 44.9 Å². The average Bonchev–Trinajstić information content (AvgIpc) is 2.90. The Hall–Kier alpha value is -0.570. The molecule has 2 aliphatic carbocycles. The molecule has 0 aromatic rings. The van der Waals surface area contributed by atoms with E-state index in [4.69, 9.17) is 11.5 Å². The van der Waals surface area contributed by atoms with E-state index in [2.05, 4.69) is 0 Å². The standard InChI is InChI=1S/C11H20N2O/c12-8-11(7-9(13)14)4-2-1-3-10(11)5-6-10/h1-8,12H2,(H2,13,14). The highest BCUT2D eigenvalue weighted by Crippen LogP contribution is 2.66. The number of carbonyl (C=O) groups excluding carboxylic acids is 1. The fourth-order valence-electron chi connectivity index (χ4n) is 3.39. The van der Waals surface area contributed by atoms with Crippen LogP contribution in [0.1, 0.15) is 44.9 Å². The second-order valence-electron chi connectivity index (χ2n) is 5.11. The molecule has 3 nitrogen and oxygen atoms in total. The maximum absolute atomic E-state index is 11.1. The maximum Gasteiger partial charge on any atom is 0.218 e. The molecule has 0 radical (unpaired) electrons. The lowest BCUT2D eigenvalue weighted by Gasteiger charge is -2.44. The molecule has 2 fully saturated rings. The number of hydrogen-bond acceptors (Lipinski definition) is 2. The molecule has 0 aliphatic heterocycles. The predicted molar refractivity (Wildman–Crippen MR) is 55.4 cm³/mol. The Morgan fingerprint density at radius 2 is 1.79 bits per heavy atom. The van der Waals surface area contributed by atoms with Crippen LogP contribution in [0.25, 0.3) is 0 Å². The highest BCUT2D eigenvalue weighted by atomic mass is 16.1. The quantitative estimate of drug-likeness (QED) is 0.711. The summed E-state index contributed by atoms with van der Waals surface area (Å²) in [6.45, 7) is 0.635. The third-order valence-electron chi connectivity index (χ3n) is 4.44. The second kappa shape index (κ2) is 3.23. The predicted octanol–water partition coefficient (Wildman–Crippen LogP) is 1.16. The summed E-state index contributed by atoms with van der Waals surface area (Å²) in [6.07, 6.45) is 7.91.